The van der Waals surface area contributed by atoms with Gasteiger partial charge in [-0.2, -0.15) is 5.26 Å². The highest BCUT2D eigenvalue weighted by Gasteiger charge is 2.03. The summed E-state index contributed by atoms with van der Waals surface area (Å²) in [5, 5.41) is 17.1. The SMILES string of the molecule is CC(C#N)CN(C)CCCCCO. The van der Waals surface area contributed by atoms with E-state index in [1.807, 2.05) is 14.0 Å². The van der Waals surface area contributed by atoms with Gasteiger partial charge in [0, 0.05) is 13.2 Å². The third-order valence-electron chi connectivity index (χ3n) is 2.00. The Bertz CT molecular complexity index is 153. The molecule has 0 radical (unpaired) electrons. The smallest absolute Gasteiger partial charge is 0.0666 e. The van der Waals surface area contributed by atoms with Gasteiger partial charge in [-0.1, -0.05) is 0 Å². The van der Waals surface area contributed by atoms with Gasteiger partial charge in [0.15, 0.2) is 0 Å². The summed E-state index contributed by atoms with van der Waals surface area (Å²) in [7, 11) is 2.03. The Morgan fingerprint density at radius 3 is 2.62 bits per heavy atom. The number of hydrogen-bond donors (Lipinski definition) is 1. The van der Waals surface area contributed by atoms with Gasteiger partial charge in [0.2, 0.25) is 0 Å². The van der Waals surface area contributed by atoms with Gasteiger partial charge in [0.1, 0.15) is 0 Å². The first-order chi connectivity index (χ1) is 6.20. The molecule has 0 saturated heterocycles. The predicted octanol–water partition coefficient (Wildman–Crippen LogP) is 1.24. The molecule has 1 N–H and O–H groups in total. The van der Waals surface area contributed by atoms with Crippen LogP contribution in [0.4, 0.5) is 0 Å². The van der Waals surface area contributed by atoms with Gasteiger partial charge in [-0.15, -0.1) is 0 Å². The van der Waals surface area contributed by atoms with Crippen LogP contribution in [0.15, 0.2) is 0 Å². The van der Waals surface area contributed by atoms with Crippen LogP contribution in [0.2, 0.25) is 0 Å². The standard InChI is InChI=1S/C10H20N2O/c1-10(8-11)9-12(2)6-4-3-5-7-13/h10,13H,3-7,9H2,1-2H3. The summed E-state index contributed by atoms with van der Waals surface area (Å²) in [6.45, 7) is 4.09. The lowest BCUT2D eigenvalue weighted by Crippen LogP contribution is -2.24. The van der Waals surface area contributed by atoms with Crippen molar-refractivity contribution in [3.63, 3.8) is 0 Å². The van der Waals surface area contributed by atoms with Crippen LogP contribution in [0, 0.1) is 17.2 Å². The highest BCUT2D eigenvalue weighted by molar-refractivity contribution is 4.80. The molecule has 0 amide bonds. The molecule has 0 rings (SSSR count). The van der Waals surface area contributed by atoms with Crippen LogP contribution >= 0.6 is 0 Å². The van der Waals surface area contributed by atoms with Gasteiger partial charge in [0.05, 0.1) is 12.0 Å². The van der Waals surface area contributed by atoms with Crippen molar-refractivity contribution in [2.45, 2.75) is 26.2 Å². The average Bonchev–Trinajstić information content (AvgIpc) is 2.12. The summed E-state index contributed by atoms with van der Waals surface area (Å²) in [6, 6.07) is 2.22. The molecule has 1 atom stereocenters. The first kappa shape index (κ1) is 12.4. The Kier molecular flexibility index (Phi) is 7.66. The molecule has 0 fully saturated rings. The largest absolute Gasteiger partial charge is 0.396 e. The van der Waals surface area contributed by atoms with E-state index in [4.69, 9.17) is 10.4 Å². The highest BCUT2D eigenvalue weighted by Crippen LogP contribution is 2.00. The number of rotatable bonds is 7. The summed E-state index contributed by atoms with van der Waals surface area (Å²) in [5.74, 6) is 0.114. The zero-order valence-corrected chi connectivity index (χ0v) is 8.66. The monoisotopic (exact) mass is 184 g/mol. The Morgan fingerprint density at radius 2 is 2.08 bits per heavy atom. The molecular weight excluding hydrogens is 164 g/mol. The number of unbranched alkanes of at least 4 members (excludes halogenated alkanes) is 2. The Hall–Kier alpha value is -0.590. The van der Waals surface area contributed by atoms with E-state index >= 15 is 0 Å². The molecule has 13 heavy (non-hydrogen) atoms. The van der Waals surface area contributed by atoms with Gasteiger partial charge in [-0.25, -0.2) is 0 Å². The summed E-state index contributed by atoms with van der Waals surface area (Å²) < 4.78 is 0. The molecule has 0 aliphatic heterocycles. The minimum absolute atomic E-state index is 0.114. The van der Waals surface area contributed by atoms with Crippen LogP contribution in [0.5, 0.6) is 0 Å². The van der Waals surface area contributed by atoms with Crippen molar-refractivity contribution in [1.82, 2.24) is 4.90 Å². The van der Waals surface area contributed by atoms with Crippen LogP contribution in [-0.4, -0.2) is 36.8 Å². The van der Waals surface area contributed by atoms with Gasteiger partial charge in [-0.05, 0) is 39.8 Å². The summed E-state index contributed by atoms with van der Waals surface area (Å²) in [6.07, 6.45) is 3.07. The fraction of sp³-hybridized carbons (Fsp3) is 0.900. The van der Waals surface area contributed by atoms with E-state index in [9.17, 15) is 0 Å². The minimum Gasteiger partial charge on any atom is -0.396 e. The topological polar surface area (TPSA) is 47.3 Å². The second kappa shape index (κ2) is 8.03. The van der Waals surface area contributed by atoms with Crippen molar-refractivity contribution >= 4 is 0 Å². The second-order valence-electron chi connectivity index (χ2n) is 3.58. The van der Waals surface area contributed by atoms with E-state index in [-0.39, 0.29) is 12.5 Å². The van der Waals surface area contributed by atoms with Crippen molar-refractivity contribution in [2.24, 2.45) is 5.92 Å². The van der Waals surface area contributed by atoms with Crippen LogP contribution in [-0.2, 0) is 0 Å². The molecule has 0 bridgehead atoms. The van der Waals surface area contributed by atoms with Crippen LogP contribution in [0.3, 0.4) is 0 Å². The molecule has 0 aromatic carbocycles. The maximum atomic E-state index is 8.58. The van der Waals surface area contributed by atoms with Gasteiger partial charge >= 0.3 is 0 Å². The average molecular weight is 184 g/mol. The molecule has 0 saturated carbocycles. The maximum absolute atomic E-state index is 8.58. The molecule has 1 unspecified atom stereocenters. The van der Waals surface area contributed by atoms with Crippen molar-refractivity contribution < 1.29 is 5.11 Å². The molecule has 0 aliphatic rings. The first-order valence-corrected chi connectivity index (χ1v) is 4.89. The summed E-state index contributed by atoms with van der Waals surface area (Å²) >= 11 is 0. The number of nitrogens with zero attached hydrogens (tertiary/aromatic N) is 2. The number of hydrogen-bond acceptors (Lipinski definition) is 3. The van der Waals surface area contributed by atoms with Crippen molar-refractivity contribution in [3.05, 3.63) is 0 Å². The van der Waals surface area contributed by atoms with E-state index in [1.165, 1.54) is 0 Å². The Labute approximate surface area is 81.0 Å². The van der Waals surface area contributed by atoms with E-state index in [1.54, 1.807) is 0 Å². The van der Waals surface area contributed by atoms with E-state index in [0.717, 1.165) is 32.4 Å². The molecule has 0 aromatic rings. The van der Waals surface area contributed by atoms with Crippen molar-refractivity contribution in [1.29, 1.82) is 5.26 Å². The zero-order valence-electron chi connectivity index (χ0n) is 8.66. The maximum Gasteiger partial charge on any atom is 0.0666 e. The lowest BCUT2D eigenvalue weighted by atomic mass is 10.2. The normalized spacial score (nSPS) is 12.8. The Balaban J connectivity index is 3.30. The predicted molar refractivity (Wildman–Crippen MR) is 53.2 cm³/mol. The van der Waals surface area contributed by atoms with Gasteiger partial charge in [-0.3, -0.25) is 0 Å². The van der Waals surface area contributed by atoms with Gasteiger partial charge in [0.25, 0.3) is 0 Å². The fourth-order valence-electron chi connectivity index (χ4n) is 1.27. The van der Waals surface area contributed by atoms with Crippen LogP contribution in [0.25, 0.3) is 0 Å². The van der Waals surface area contributed by atoms with E-state index in [0.29, 0.717) is 0 Å². The highest BCUT2D eigenvalue weighted by atomic mass is 16.2. The molecule has 0 aromatic heterocycles. The lowest BCUT2D eigenvalue weighted by molar-refractivity contribution is 0.268. The number of aliphatic hydroxyl groups excluding tert-OH is 1. The molecular formula is C10H20N2O. The molecule has 0 aliphatic carbocycles. The van der Waals surface area contributed by atoms with Crippen molar-refractivity contribution in [3.8, 4) is 6.07 Å². The van der Waals surface area contributed by atoms with Gasteiger partial charge < -0.3 is 10.0 Å². The zero-order chi connectivity index (χ0) is 10.1. The number of nitriles is 1. The first-order valence-electron chi connectivity index (χ1n) is 4.89. The second-order valence-corrected chi connectivity index (χ2v) is 3.58. The van der Waals surface area contributed by atoms with E-state index in [2.05, 4.69) is 11.0 Å². The summed E-state index contributed by atoms with van der Waals surface area (Å²) in [4.78, 5) is 2.17. The number of aliphatic hydroxyl groups is 1. The summed E-state index contributed by atoms with van der Waals surface area (Å²) in [5.41, 5.74) is 0. The van der Waals surface area contributed by atoms with Crippen molar-refractivity contribution in [2.75, 3.05) is 26.7 Å². The van der Waals surface area contributed by atoms with E-state index < -0.39 is 0 Å². The molecule has 0 heterocycles. The molecule has 0 spiro atoms. The third-order valence-corrected chi connectivity index (χ3v) is 2.00. The Morgan fingerprint density at radius 1 is 1.38 bits per heavy atom. The third kappa shape index (κ3) is 7.76. The minimum atomic E-state index is 0.114. The van der Waals surface area contributed by atoms with Crippen LogP contribution in [0.1, 0.15) is 26.2 Å². The molecule has 76 valence electrons. The molecule has 3 nitrogen and oxygen atoms in total. The quantitative estimate of drug-likeness (QED) is 0.606. The molecule has 3 heteroatoms. The van der Waals surface area contributed by atoms with Crippen LogP contribution < -0.4 is 0 Å². The lowest BCUT2D eigenvalue weighted by Gasteiger charge is -2.17. The fourth-order valence-corrected chi connectivity index (χ4v) is 1.27.